The highest BCUT2D eigenvalue weighted by atomic mass is 15.2. The summed E-state index contributed by atoms with van der Waals surface area (Å²) in [6.07, 6.45) is 7.66. The number of hydrogen-bond acceptors (Lipinski definition) is 2. The molecule has 0 spiro atoms. The van der Waals surface area contributed by atoms with E-state index in [1.807, 2.05) is 0 Å². The predicted molar refractivity (Wildman–Crippen MR) is 46.1 cm³/mol. The van der Waals surface area contributed by atoms with Crippen LogP contribution < -0.4 is 5.32 Å². The summed E-state index contributed by atoms with van der Waals surface area (Å²) in [6, 6.07) is 0. The molecule has 0 amide bonds. The summed E-state index contributed by atoms with van der Waals surface area (Å²) >= 11 is 0. The molecule has 62 valence electrons. The molecule has 11 heavy (non-hydrogen) atoms. The van der Waals surface area contributed by atoms with Crippen molar-refractivity contribution in [1.82, 2.24) is 10.2 Å². The minimum atomic E-state index is 1.13. The second-order valence-corrected chi connectivity index (χ2v) is 3.39. The van der Waals surface area contributed by atoms with E-state index >= 15 is 0 Å². The molecule has 0 unspecified atom stereocenters. The van der Waals surface area contributed by atoms with Crippen LogP contribution in [0.15, 0.2) is 11.9 Å². The Hall–Kier alpha value is -0.660. The van der Waals surface area contributed by atoms with Crippen molar-refractivity contribution < 1.29 is 0 Å². The monoisotopic (exact) mass is 152 g/mol. The molecule has 0 aromatic heterocycles. The Balaban J connectivity index is 2.07. The molecule has 2 aliphatic rings. The van der Waals surface area contributed by atoms with Crippen LogP contribution in [0.4, 0.5) is 0 Å². The number of hydrogen-bond donors (Lipinski definition) is 1. The van der Waals surface area contributed by atoms with E-state index in [0.29, 0.717) is 0 Å². The maximum Gasteiger partial charge on any atom is 0.0348 e. The fourth-order valence-corrected chi connectivity index (χ4v) is 1.90. The van der Waals surface area contributed by atoms with Crippen LogP contribution in [-0.4, -0.2) is 24.5 Å². The number of nitrogens with zero attached hydrogens (tertiary/aromatic N) is 1. The quantitative estimate of drug-likeness (QED) is 0.563. The van der Waals surface area contributed by atoms with Crippen LogP contribution in [0.3, 0.4) is 0 Å². The molecule has 0 radical (unpaired) electrons. The molecule has 2 aliphatic heterocycles. The molecule has 0 saturated carbocycles. The van der Waals surface area contributed by atoms with Gasteiger partial charge < -0.3 is 10.2 Å². The summed E-state index contributed by atoms with van der Waals surface area (Å²) in [5, 5.41) is 3.31. The topological polar surface area (TPSA) is 15.3 Å². The summed E-state index contributed by atoms with van der Waals surface area (Å²) < 4.78 is 0. The highest BCUT2D eigenvalue weighted by molar-refractivity contribution is 5.04. The molecule has 0 bridgehead atoms. The fourth-order valence-electron chi connectivity index (χ4n) is 1.90. The first-order valence-electron chi connectivity index (χ1n) is 4.64. The zero-order valence-corrected chi connectivity index (χ0v) is 6.97. The second-order valence-electron chi connectivity index (χ2n) is 3.39. The number of nitrogens with one attached hydrogen (secondary N) is 1. The van der Waals surface area contributed by atoms with E-state index in [4.69, 9.17) is 0 Å². The van der Waals surface area contributed by atoms with Crippen LogP contribution in [0.2, 0.25) is 0 Å². The minimum absolute atomic E-state index is 1.13. The van der Waals surface area contributed by atoms with E-state index in [1.54, 1.807) is 0 Å². The van der Waals surface area contributed by atoms with Crippen LogP contribution in [-0.2, 0) is 0 Å². The molecule has 2 nitrogen and oxygen atoms in total. The van der Waals surface area contributed by atoms with Crippen molar-refractivity contribution in [2.75, 3.05) is 19.6 Å². The van der Waals surface area contributed by atoms with Gasteiger partial charge in [0.2, 0.25) is 0 Å². The number of fused-ring (bicyclic) bond motifs is 1. The molecule has 1 fully saturated rings. The zero-order chi connectivity index (χ0) is 7.52. The van der Waals surface area contributed by atoms with Gasteiger partial charge in [0.05, 0.1) is 0 Å². The SMILES string of the molecule is C1=C2CCCCCN2CCN1. The van der Waals surface area contributed by atoms with Crippen molar-refractivity contribution in [1.29, 1.82) is 0 Å². The smallest absolute Gasteiger partial charge is 0.0348 e. The lowest BCUT2D eigenvalue weighted by molar-refractivity contribution is 0.327. The molecule has 2 rings (SSSR count). The first kappa shape index (κ1) is 7.01. The Bertz CT molecular complexity index is 163. The summed E-state index contributed by atoms with van der Waals surface area (Å²) in [4.78, 5) is 2.53. The van der Waals surface area contributed by atoms with Gasteiger partial charge in [-0.05, 0) is 19.3 Å². The Morgan fingerprint density at radius 2 is 2.18 bits per heavy atom. The molecule has 0 aromatic rings. The second kappa shape index (κ2) is 3.16. The standard InChI is InChI=1S/C9H16N2/c1-2-4-9-8-10-5-7-11(9)6-3-1/h8,10H,1-7H2. The molecule has 0 atom stereocenters. The summed E-state index contributed by atoms with van der Waals surface area (Å²) in [7, 11) is 0. The molecule has 0 aliphatic carbocycles. The average molecular weight is 152 g/mol. The van der Waals surface area contributed by atoms with Gasteiger partial charge >= 0.3 is 0 Å². The van der Waals surface area contributed by atoms with Crippen molar-refractivity contribution >= 4 is 0 Å². The highest BCUT2D eigenvalue weighted by Crippen LogP contribution is 2.19. The molecule has 1 saturated heterocycles. The zero-order valence-electron chi connectivity index (χ0n) is 6.97. The largest absolute Gasteiger partial charge is 0.388 e. The van der Waals surface area contributed by atoms with E-state index in [1.165, 1.54) is 44.5 Å². The van der Waals surface area contributed by atoms with Gasteiger partial charge in [-0.1, -0.05) is 6.42 Å². The summed E-state index contributed by atoms with van der Waals surface area (Å²) in [6.45, 7) is 3.63. The molecular weight excluding hydrogens is 136 g/mol. The van der Waals surface area contributed by atoms with E-state index in [0.717, 1.165) is 6.54 Å². The van der Waals surface area contributed by atoms with Gasteiger partial charge in [-0.3, -0.25) is 0 Å². The summed E-state index contributed by atoms with van der Waals surface area (Å²) in [5.41, 5.74) is 1.54. The lowest BCUT2D eigenvalue weighted by atomic mass is 10.2. The van der Waals surface area contributed by atoms with Gasteiger partial charge in [-0.25, -0.2) is 0 Å². The predicted octanol–water partition coefficient (Wildman–Crippen LogP) is 1.31. The Kier molecular flexibility index (Phi) is 2.01. The normalized spacial score (nSPS) is 24.7. The first-order valence-corrected chi connectivity index (χ1v) is 4.64. The van der Waals surface area contributed by atoms with E-state index < -0.39 is 0 Å². The fraction of sp³-hybridized carbons (Fsp3) is 0.778. The van der Waals surface area contributed by atoms with Gasteiger partial charge in [0.25, 0.3) is 0 Å². The van der Waals surface area contributed by atoms with Gasteiger partial charge in [0.15, 0.2) is 0 Å². The maximum atomic E-state index is 3.31. The van der Waals surface area contributed by atoms with Crippen LogP contribution in [0.25, 0.3) is 0 Å². The van der Waals surface area contributed by atoms with E-state index in [9.17, 15) is 0 Å². The first-order chi connectivity index (χ1) is 5.47. The Morgan fingerprint density at radius 3 is 3.18 bits per heavy atom. The Morgan fingerprint density at radius 1 is 1.18 bits per heavy atom. The molecule has 0 aromatic carbocycles. The maximum absolute atomic E-state index is 3.31. The van der Waals surface area contributed by atoms with E-state index in [2.05, 4.69) is 16.4 Å². The van der Waals surface area contributed by atoms with Gasteiger partial charge in [0.1, 0.15) is 0 Å². The molecule has 1 N–H and O–H groups in total. The number of rotatable bonds is 0. The van der Waals surface area contributed by atoms with Crippen LogP contribution in [0.1, 0.15) is 25.7 Å². The van der Waals surface area contributed by atoms with Crippen molar-refractivity contribution in [3.8, 4) is 0 Å². The third kappa shape index (κ3) is 1.50. The Labute approximate surface area is 68.3 Å². The third-order valence-corrected chi connectivity index (χ3v) is 2.56. The van der Waals surface area contributed by atoms with Crippen molar-refractivity contribution in [2.24, 2.45) is 0 Å². The van der Waals surface area contributed by atoms with Crippen molar-refractivity contribution in [3.05, 3.63) is 11.9 Å². The average Bonchev–Trinajstić information content (AvgIpc) is 2.28. The highest BCUT2D eigenvalue weighted by Gasteiger charge is 2.14. The molecular formula is C9H16N2. The van der Waals surface area contributed by atoms with Crippen molar-refractivity contribution in [2.45, 2.75) is 25.7 Å². The molecule has 2 heterocycles. The van der Waals surface area contributed by atoms with Crippen LogP contribution >= 0.6 is 0 Å². The lowest BCUT2D eigenvalue weighted by Gasteiger charge is -2.29. The minimum Gasteiger partial charge on any atom is -0.388 e. The van der Waals surface area contributed by atoms with Gasteiger partial charge in [0, 0.05) is 31.5 Å². The van der Waals surface area contributed by atoms with E-state index in [-0.39, 0.29) is 0 Å². The van der Waals surface area contributed by atoms with Crippen LogP contribution in [0, 0.1) is 0 Å². The van der Waals surface area contributed by atoms with Gasteiger partial charge in [-0.2, -0.15) is 0 Å². The van der Waals surface area contributed by atoms with Crippen LogP contribution in [0.5, 0.6) is 0 Å². The van der Waals surface area contributed by atoms with Gasteiger partial charge in [-0.15, -0.1) is 0 Å². The lowest BCUT2D eigenvalue weighted by Crippen LogP contribution is -2.35. The molecule has 2 heteroatoms. The third-order valence-electron chi connectivity index (χ3n) is 2.56. The van der Waals surface area contributed by atoms with Crippen molar-refractivity contribution in [3.63, 3.8) is 0 Å². The number of allylic oxidation sites excluding steroid dienone is 1. The summed E-state index contributed by atoms with van der Waals surface area (Å²) in [5.74, 6) is 0.